The third-order valence-electron chi connectivity index (χ3n) is 3.28. The van der Waals surface area contributed by atoms with Gasteiger partial charge in [0.2, 0.25) is 0 Å². The van der Waals surface area contributed by atoms with Crippen LogP contribution in [0.3, 0.4) is 0 Å². The van der Waals surface area contributed by atoms with Crippen molar-refractivity contribution in [2.45, 2.75) is 6.92 Å². The molecule has 0 spiro atoms. The molecule has 0 bridgehead atoms. The van der Waals surface area contributed by atoms with Gasteiger partial charge in [0.15, 0.2) is 12.4 Å². The predicted molar refractivity (Wildman–Crippen MR) is 85.5 cm³/mol. The van der Waals surface area contributed by atoms with Crippen molar-refractivity contribution < 1.29 is 19.1 Å². The van der Waals surface area contributed by atoms with E-state index in [0.717, 1.165) is 0 Å². The number of para-hydroxylation sites is 1. The molecule has 0 saturated heterocycles. The predicted octanol–water partition coefficient (Wildman–Crippen LogP) is 1.89. The molecule has 0 atom stereocenters. The maximum atomic E-state index is 12.0. The Morgan fingerprint density at radius 1 is 1.29 bits per heavy atom. The van der Waals surface area contributed by atoms with Crippen molar-refractivity contribution in [3.63, 3.8) is 0 Å². The lowest BCUT2D eigenvalue weighted by Crippen LogP contribution is -2.22. The largest absolute Gasteiger partial charge is 0.451 e. The Bertz CT molecular complexity index is 846. The summed E-state index contributed by atoms with van der Waals surface area (Å²) < 4.78 is 6.40. The highest BCUT2D eigenvalue weighted by atomic mass is 16.5. The van der Waals surface area contributed by atoms with Crippen molar-refractivity contribution in [3.8, 4) is 6.07 Å². The minimum Gasteiger partial charge on any atom is -0.451 e. The Kier molecular flexibility index (Phi) is 5.12. The van der Waals surface area contributed by atoms with Gasteiger partial charge >= 0.3 is 5.97 Å². The van der Waals surface area contributed by atoms with Crippen molar-refractivity contribution in [1.29, 1.82) is 5.26 Å². The Balaban J connectivity index is 1.98. The lowest BCUT2D eigenvalue weighted by Gasteiger charge is -2.08. The molecule has 0 unspecified atom stereocenters. The number of aromatic nitrogens is 1. The number of amides is 1. The van der Waals surface area contributed by atoms with Gasteiger partial charge in [-0.1, -0.05) is 12.1 Å². The zero-order valence-corrected chi connectivity index (χ0v) is 13.2. The highest BCUT2D eigenvalue weighted by Gasteiger charge is 2.16. The number of carbonyl (C=O) groups excluding carboxylic acids is 3. The number of nitrogens with one attached hydrogen (secondary N) is 1. The van der Waals surface area contributed by atoms with E-state index in [1.54, 1.807) is 31.3 Å². The topological polar surface area (TPSA) is 101 Å². The van der Waals surface area contributed by atoms with Gasteiger partial charge in [0.25, 0.3) is 5.91 Å². The highest BCUT2D eigenvalue weighted by molar-refractivity contribution is 5.99. The molecule has 7 heteroatoms. The molecule has 0 aliphatic heterocycles. The van der Waals surface area contributed by atoms with E-state index in [1.165, 1.54) is 23.8 Å². The van der Waals surface area contributed by atoms with Crippen LogP contribution >= 0.6 is 0 Å². The Morgan fingerprint density at radius 3 is 2.62 bits per heavy atom. The molecule has 0 saturated carbocycles. The second-order valence-corrected chi connectivity index (χ2v) is 5.06. The smallest absolute Gasteiger partial charge is 0.355 e. The first-order valence-corrected chi connectivity index (χ1v) is 7.05. The van der Waals surface area contributed by atoms with Crippen LogP contribution in [0.1, 0.15) is 33.3 Å². The molecule has 2 aromatic rings. The van der Waals surface area contributed by atoms with Crippen molar-refractivity contribution in [2.75, 3.05) is 11.9 Å². The van der Waals surface area contributed by atoms with E-state index >= 15 is 0 Å². The monoisotopic (exact) mass is 325 g/mol. The average Bonchev–Trinajstić information content (AvgIpc) is 2.95. The van der Waals surface area contributed by atoms with Gasteiger partial charge in [0.1, 0.15) is 11.8 Å². The Morgan fingerprint density at radius 2 is 2.00 bits per heavy atom. The molecule has 0 aliphatic carbocycles. The van der Waals surface area contributed by atoms with E-state index in [2.05, 4.69) is 5.32 Å². The number of nitriles is 1. The van der Waals surface area contributed by atoms with Crippen LogP contribution in [-0.4, -0.2) is 28.8 Å². The average molecular weight is 325 g/mol. The van der Waals surface area contributed by atoms with Crippen LogP contribution in [0.5, 0.6) is 0 Å². The number of anilines is 1. The number of ketones is 1. The first kappa shape index (κ1) is 17.0. The van der Waals surface area contributed by atoms with Crippen molar-refractivity contribution in [2.24, 2.45) is 7.05 Å². The van der Waals surface area contributed by atoms with Crippen molar-refractivity contribution in [3.05, 3.63) is 53.3 Å². The van der Waals surface area contributed by atoms with Gasteiger partial charge in [-0.25, -0.2) is 4.79 Å². The Hall–Kier alpha value is -3.40. The van der Waals surface area contributed by atoms with E-state index in [4.69, 9.17) is 10.00 Å². The number of Topliss-reactive ketones (excluding diaryl/α,β-unsaturated/α-hetero) is 1. The first-order chi connectivity index (χ1) is 11.4. The van der Waals surface area contributed by atoms with Crippen LogP contribution in [0.4, 0.5) is 5.69 Å². The van der Waals surface area contributed by atoms with E-state index in [0.29, 0.717) is 16.8 Å². The summed E-state index contributed by atoms with van der Waals surface area (Å²) >= 11 is 0. The summed E-state index contributed by atoms with van der Waals surface area (Å²) in [5, 5.41) is 11.5. The molecule has 0 radical (unpaired) electrons. The highest BCUT2D eigenvalue weighted by Crippen LogP contribution is 2.13. The number of aryl methyl sites for hydroxylation is 1. The molecule has 122 valence electrons. The summed E-state index contributed by atoms with van der Waals surface area (Å²) in [7, 11) is 1.60. The van der Waals surface area contributed by atoms with Crippen LogP contribution in [0.25, 0.3) is 0 Å². The summed E-state index contributed by atoms with van der Waals surface area (Å²) in [5.74, 6) is -1.45. The van der Waals surface area contributed by atoms with E-state index < -0.39 is 18.5 Å². The van der Waals surface area contributed by atoms with Crippen LogP contribution in [-0.2, 0) is 16.6 Å². The number of carbonyl (C=O) groups is 3. The normalized spacial score (nSPS) is 9.88. The molecule has 1 aromatic carbocycles. The Labute approximate surface area is 138 Å². The molecule has 1 N–H and O–H groups in total. The summed E-state index contributed by atoms with van der Waals surface area (Å²) in [5.41, 5.74) is 1.21. The molecule has 7 nitrogen and oxygen atoms in total. The fourth-order valence-corrected chi connectivity index (χ4v) is 2.04. The number of rotatable bonds is 5. The second kappa shape index (κ2) is 7.24. The maximum absolute atomic E-state index is 12.0. The SMILES string of the molecule is CC(=O)c1cc(C(=O)OCC(=O)Nc2ccccc2C#N)n(C)c1. The van der Waals surface area contributed by atoms with Crippen LogP contribution in [0.2, 0.25) is 0 Å². The summed E-state index contributed by atoms with van der Waals surface area (Å²) in [6.07, 6.45) is 1.52. The van der Waals surface area contributed by atoms with Crippen LogP contribution < -0.4 is 5.32 Å². The molecule has 0 aliphatic rings. The fourth-order valence-electron chi connectivity index (χ4n) is 2.04. The van der Waals surface area contributed by atoms with E-state index in [9.17, 15) is 14.4 Å². The van der Waals surface area contributed by atoms with Crippen LogP contribution in [0.15, 0.2) is 36.5 Å². The zero-order valence-electron chi connectivity index (χ0n) is 13.2. The van der Waals surface area contributed by atoms with E-state index in [-0.39, 0.29) is 11.5 Å². The fraction of sp³-hybridized carbons (Fsp3) is 0.176. The first-order valence-electron chi connectivity index (χ1n) is 7.05. The van der Waals surface area contributed by atoms with Crippen molar-refractivity contribution >= 4 is 23.3 Å². The summed E-state index contributed by atoms with van der Waals surface area (Å²) in [6, 6.07) is 9.86. The molecule has 24 heavy (non-hydrogen) atoms. The molecule has 0 fully saturated rings. The summed E-state index contributed by atoms with van der Waals surface area (Å²) in [4.78, 5) is 35.2. The number of benzene rings is 1. The number of hydrogen-bond acceptors (Lipinski definition) is 5. The number of ether oxygens (including phenoxy) is 1. The number of esters is 1. The maximum Gasteiger partial charge on any atom is 0.355 e. The van der Waals surface area contributed by atoms with Crippen LogP contribution in [0, 0.1) is 11.3 Å². The third-order valence-corrected chi connectivity index (χ3v) is 3.28. The lowest BCUT2D eigenvalue weighted by atomic mass is 10.2. The second-order valence-electron chi connectivity index (χ2n) is 5.06. The van der Waals surface area contributed by atoms with Gasteiger partial charge in [-0.2, -0.15) is 5.26 Å². The van der Waals surface area contributed by atoms with Crippen molar-refractivity contribution in [1.82, 2.24) is 4.57 Å². The molecular formula is C17H15N3O4. The lowest BCUT2D eigenvalue weighted by molar-refractivity contribution is -0.119. The van der Waals surface area contributed by atoms with Gasteiger partial charge in [0, 0.05) is 18.8 Å². The van der Waals surface area contributed by atoms with Gasteiger partial charge < -0.3 is 14.6 Å². The third kappa shape index (κ3) is 3.87. The quantitative estimate of drug-likeness (QED) is 0.668. The molecule has 2 rings (SSSR count). The minimum absolute atomic E-state index is 0.171. The molecule has 1 amide bonds. The zero-order chi connectivity index (χ0) is 17.7. The minimum atomic E-state index is -0.714. The number of nitrogens with zero attached hydrogens (tertiary/aromatic N) is 2. The molecular weight excluding hydrogens is 310 g/mol. The van der Waals surface area contributed by atoms with Gasteiger partial charge in [0.05, 0.1) is 11.3 Å². The number of hydrogen-bond donors (Lipinski definition) is 1. The van der Waals surface area contributed by atoms with Gasteiger partial charge in [-0.15, -0.1) is 0 Å². The van der Waals surface area contributed by atoms with E-state index in [1.807, 2.05) is 6.07 Å². The summed E-state index contributed by atoms with van der Waals surface area (Å²) in [6.45, 7) is 0.893. The van der Waals surface area contributed by atoms with Gasteiger partial charge in [-0.3, -0.25) is 9.59 Å². The molecule has 1 heterocycles. The molecule has 1 aromatic heterocycles. The van der Waals surface area contributed by atoms with Gasteiger partial charge in [-0.05, 0) is 25.1 Å². The standard InChI is InChI=1S/C17H15N3O4/c1-11(21)13-7-15(20(2)9-13)17(23)24-10-16(22)19-14-6-4-3-5-12(14)8-18/h3-7,9H,10H2,1-2H3,(H,19,22).